The number of nitro benzene ring substituents is 1. The van der Waals surface area contributed by atoms with Gasteiger partial charge in [-0.25, -0.2) is 19.0 Å². The number of pyridine rings is 1. The zero-order valence-electron chi connectivity index (χ0n) is 21.7. The molecule has 13 nitrogen and oxygen atoms in total. The van der Waals surface area contributed by atoms with E-state index in [1.54, 1.807) is 68.8 Å². The molecular weight excluding hydrogens is 530 g/mol. The molecule has 0 spiro atoms. The standard InChI is InChI=1S/C9H7NO3.C7H5N3O3.C7H7NO2S.C2H6/c1-10-7-5-3-2-4-6(7)8(11)13-9(10)12;1-4-2-3-5(10(11)12)7-6(4)8-13-9-7;1-10-7(9)11-6-3-2-4-8-5-6;1-2/h2-5H,1H3;2-3H,1H3;2-5H,1H3;1-2H3. The molecule has 2 aromatic carbocycles. The van der Waals surface area contributed by atoms with Crippen LogP contribution in [0.3, 0.4) is 0 Å². The number of aromatic nitrogens is 4. The van der Waals surface area contributed by atoms with Crippen LogP contribution in [0.5, 0.6) is 0 Å². The van der Waals surface area contributed by atoms with Gasteiger partial charge in [-0.05, 0) is 58.8 Å². The lowest BCUT2D eigenvalue weighted by Gasteiger charge is -1.99. The summed E-state index contributed by atoms with van der Waals surface area (Å²) in [7, 11) is 2.92. The summed E-state index contributed by atoms with van der Waals surface area (Å²) in [6, 6.07) is 13.4. The molecule has 3 heterocycles. The van der Waals surface area contributed by atoms with Crippen LogP contribution in [0.4, 0.5) is 10.5 Å². The van der Waals surface area contributed by atoms with Crippen molar-refractivity contribution in [2.45, 2.75) is 25.7 Å². The molecule has 0 bridgehead atoms. The Morgan fingerprint density at radius 2 is 1.74 bits per heavy atom. The third-order valence-corrected chi connectivity index (χ3v) is 5.54. The summed E-state index contributed by atoms with van der Waals surface area (Å²) < 4.78 is 14.7. The number of benzene rings is 2. The first kappa shape index (κ1) is 30.4. The maximum atomic E-state index is 11.2. The number of fused-ring (bicyclic) bond motifs is 2. The van der Waals surface area contributed by atoms with E-state index in [1.807, 2.05) is 13.8 Å². The minimum absolute atomic E-state index is 0.0816. The average Bonchev–Trinajstić information content (AvgIpc) is 3.45. The first-order valence-corrected chi connectivity index (χ1v) is 12.2. The third kappa shape index (κ3) is 8.07. The summed E-state index contributed by atoms with van der Waals surface area (Å²) >= 11 is 1.02. The molecule has 204 valence electrons. The van der Waals surface area contributed by atoms with E-state index < -0.39 is 16.3 Å². The summed E-state index contributed by atoms with van der Waals surface area (Å²) in [6.07, 6.45) is 3.27. The van der Waals surface area contributed by atoms with Crippen LogP contribution in [0.1, 0.15) is 19.4 Å². The van der Waals surface area contributed by atoms with E-state index in [9.17, 15) is 24.5 Å². The van der Waals surface area contributed by atoms with Crippen molar-refractivity contribution in [3.8, 4) is 0 Å². The molecule has 0 aliphatic heterocycles. The monoisotopic (exact) mass is 555 g/mol. The molecule has 0 atom stereocenters. The number of carbonyl (C=O) groups is 1. The second-order valence-corrected chi connectivity index (χ2v) is 8.11. The lowest BCUT2D eigenvalue weighted by Crippen LogP contribution is -2.22. The van der Waals surface area contributed by atoms with E-state index >= 15 is 0 Å². The number of nitro groups is 1. The van der Waals surface area contributed by atoms with E-state index in [0.717, 1.165) is 22.2 Å². The fraction of sp³-hybridized carbons (Fsp3) is 0.200. The molecule has 0 saturated carbocycles. The van der Waals surface area contributed by atoms with Crippen LogP contribution < -0.4 is 11.4 Å². The van der Waals surface area contributed by atoms with E-state index in [4.69, 9.17) is 0 Å². The van der Waals surface area contributed by atoms with Crippen molar-refractivity contribution >= 4 is 44.7 Å². The van der Waals surface area contributed by atoms with Crippen LogP contribution in [-0.2, 0) is 11.8 Å². The van der Waals surface area contributed by atoms with Crippen molar-refractivity contribution in [3.05, 3.63) is 97.6 Å². The molecule has 3 aromatic heterocycles. The largest absolute Gasteiger partial charge is 0.461 e. The maximum Gasteiger partial charge on any atom is 0.422 e. The summed E-state index contributed by atoms with van der Waals surface area (Å²) in [5.41, 5.74) is 1.37. The number of carbonyl (C=O) groups excluding carboxylic acids is 1. The van der Waals surface area contributed by atoms with Crippen molar-refractivity contribution in [1.82, 2.24) is 19.9 Å². The number of thioether (sulfide) groups is 1. The number of non-ortho nitro benzene ring substituents is 1. The number of aryl methyl sites for hydroxylation is 2. The van der Waals surface area contributed by atoms with E-state index in [0.29, 0.717) is 16.4 Å². The summed E-state index contributed by atoms with van der Waals surface area (Å²) in [4.78, 5) is 47.6. The van der Waals surface area contributed by atoms with Gasteiger partial charge in [0.1, 0.15) is 5.52 Å². The van der Waals surface area contributed by atoms with Gasteiger partial charge < -0.3 is 9.15 Å². The van der Waals surface area contributed by atoms with Crippen LogP contribution >= 0.6 is 11.8 Å². The molecule has 0 fully saturated rings. The summed E-state index contributed by atoms with van der Waals surface area (Å²) in [5.74, 6) is -0.635. The Kier molecular flexibility index (Phi) is 11.5. The zero-order chi connectivity index (χ0) is 28.9. The Hall–Kier alpha value is -4.85. The van der Waals surface area contributed by atoms with Gasteiger partial charge in [0.15, 0.2) is 0 Å². The van der Waals surface area contributed by atoms with Gasteiger partial charge in [0, 0.05) is 30.4 Å². The molecular formula is C25H25N5O8S. The highest BCUT2D eigenvalue weighted by atomic mass is 32.2. The number of hydrogen-bond acceptors (Lipinski definition) is 12. The molecule has 0 radical (unpaired) electrons. The van der Waals surface area contributed by atoms with Gasteiger partial charge in [0.05, 0.1) is 22.9 Å². The molecule has 5 rings (SSSR count). The summed E-state index contributed by atoms with van der Waals surface area (Å²) in [5, 5.41) is 17.7. The number of ether oxygens (including phenoxy) is 1. The van der Waals surface area contributed by atoms with E-state index in [1.165, 1.54) is 17.7 Å². The van der Waals surface area contributed by atoms with Gasteiger partial charge in [0.2, 0.25) is 5.52 Å². The number of nitrogens with zero attached hydrogens (tertiary/aromatic N) is 5. The van der Waals surface area contributed by atoms with Crippen LogP contribution in [0.15, 0.2) is 84.5 Å². The van der Waals surface area contributed by atoms with Crippen molar-refractivity contribution < 1.29 is 23.5 Å². The lowest BCUT2D eigenvalue weighted by atomic mass is 10.2. The van der Waals surface area contributed by atoms with Crippen molar-refractivity contribution in [3.63, 3.8) is 0 Å². The van der Waals surface area contributed by atoms with Crippen molar-refractivity contribution in [2.75, 3.05) is 7.11 Å². The van der Waals surface area contributed by atoms with Gasteiger partial charge in [-0.3, -0.25) is 19.7 Å². The quantitative estimate of drug-likeness (QED) is 0.125. The smallest absolute Gasteiger partial charge is 0.422 e. The van der Waals surface area contributed by atoms with Crippen LogP contribution in [0.2, 0.25) is 0 Å². The highest BCUT2D eigenvalue weighted by molar-refractivity contribution is 8.13. The van der Waals surface area contributed by atoms with Crippen molar-refractivity contribution in [2.24, 2.45) is 7.05 Å². The zero-order valence-corrected chi connectivity index (χ0v) is 22.5. The predicted octanol–water partition coefficient (Wildman–Crippen LogP) is 4.90. The van der Waals surface area contributed by atoms with Gasteiger partial charge in [-0.15, -0.1) is 0 Å². The predicted molar refractivity (Wildman–Crippen MR) is 145 cm³/mol. The highest BCUT2D eigenvalue weighted by Crippen LogP contribution is 2.24. The SMILES string of the molecule is CC.COC(=O)Sc1cccnc1.Cc1ccc([N+](=O)[O-])c2nonc12.Cn1c(=O)oc(=O)c2ccccc21. The second kappa shape index (κ2) is 14.8. The molecule has 0 N–H and O–H groups in total. The Bertz CT molecular complexity index is 1660. The van der Waals surface area contributed by atoms with Crippen LogP contribution in [0.25, 0.3) is 21.9 Å². The van der Waals surface area contributed by atoms with Gasteiger partial charge in [-0.1, -0.05) is 32.0 Å². The molecule has 0 saturated heterocycles. The molecule has 14 heteroatoms. The normalized spacial score (nSPS) is 9.77. The molecule has 0 aliphatic carbocycles. The maximum absolute atomic E-state index is 11.2. The number of rotatable bonds is 2. The summed E-state index contributed by atoms with van der Waals surface area (Å²) in [6.45, 7) is 5.79. The Balaban J connectivity index is 0.000000200. The van der Waals surface area contributed by atoms with Gasteiger partial charge in [-0.2, -0.15) is 0 Å². The fourth-order valence-electron chi connectivity index (χ4n) is 2.91. The molecule has 0 unspecified atom stereocenters. The Morgan fingerprint density at radius 3 is 2.38 bits per heavy atom. The Morgan fingerprint density at radius 1 is 1.05 bits per heavy atom. The minimum Gasteiger partial charge on any atom is -0.461 e. The van der Waals surface area contributed by atoms with Gasteiger partial charge >= 0.3 is 22.4 Å². The van der Waals surface area contributed by atoms with Gasteiger partial charge in [0.25, 0.3) is 0 Å². The number of para-hydroxylation sites is 1. The lowest BCUT2D eigenvalue weighted by molar-refractivity contribution is -0.383. The Labute approximate surface area is 225 Å². The topological polar surface area (TPSA) is 173 Å². The molecule has 0 aliphatic rings. The first-order chi connectivity index (χ1) is 18.7. The van der Waals surface area contributed by atoms with Crippen LogP contribution in [0, 0.1) is 17.0 Å². The first-order valence-electron chi connectivity index (χ1n) is 11.3. The van der Waals surface area contributed by atoms with Crippen molar-refractivity contribution in [1.29, 1.82) is 0 Å². The van der Waals surface area contributed by atoms with Crippen LogP contribution in [-0.4, -0.2) is 37.2 Å². The third-order valence-electron chi connectivity index (χ3n) is 4.73. The fourth-order valence-corrected chi connectivity index (χ4v) is 3.45. The molecule has 0 amide bonds. The molecule has 39 heavy (non-hydrogen) atoms. The average molecular weight is 556 g/mol. The second-order valence-electron chi connectivity index (χ2n) is 7.10. The number of methoxy groups -OCH3 is 1. The van der Waals surface area contributed by atoms with E-state index in [-0.39, 0.29) is 16.5 Å². The van der Waals surface area contributed by atoms with E-state index in [2.05, 4.69) is 29.1 Å². The number of hydrogen-bond donors (Lipinski definition) is 0. The molecule has 5 aromatic rings. The highest BCUT2D eigenvalue weighted by Gasteiger charge is 2.17. The minimum atomic E-state index is -0.635.